The molecule has 2 aliphatic rings. The van der Waals surface area contributed by atoms with Crippen molar-refractivity contribution in [3.8, 4) is 6.07 Å². The largest absolute Gasteiger partial charge is 0.381 e. The molecule has 3 unspecified atom stereocenters. The molecule has 0 radical (unpaired) electrons. The first kappa shape index (κ1) is 13.4. The van der Waals surface area contributed by atoms with Gasteiger partial charge in [-0.1, -0.05) is 25.7 Å². The quantitative estimate of drug-likeness (QED) is 0.862. The molecule has 2 aliphatic carbocycles. The Morgan fingerprint density at radius 3 is 2.70 bits per heavy atom. The zero-order valence-corrected chi connectivity index (χ0v) is 11.7. The standard InChI is InChI=1S/C17H21FN2/c18-15-6-8-17(14(9-15)11-19)20-16-7-5-12-3-1-2-4-13(12)10-16/h6,8-9,12-13,16,20H,1-5,7,10H2. The highest BCUT2D eigenvalue weighted by Crippen LogP contribution is 2.41. The van der Waals surface area contributed by atoms with Crippen LogP contribution in [0.15, 0.2) is 18.2 Å². The van der Waals surface area contributed by atoms with Crippen molar-refractivity contribution >= 4 is 5.69 Å². The molecule has 0 bridgehead atoms. The van der Waals surface area contributed by atoms with Crippen LogP contribution < -0.4 is 5.32 Å². The van der Waals surface area contributed by atoms with Gasteiger partial charge in [0.25, 0.3) is 0 Å². The summed E-state index contributed by atoms with van der Waals surface area (Å²) in [6.07, 6.45) is 9.19. The first-order valence-electron chi connectivity index (χ1n) is 7.72. The van der Waals surface area contributed by atoms with Gasteiger partial charge in [0.2, 0.25) is 0 Å². The van der Waals surface area contributed by atoms with E-state index in [1.165, 1.54) is 57.1 Å². The summed E-state index contributed by atoms with van der Waals surface area (Å²) in [6.45, 7) is 0. The molecule has 20 heavy (non-hydrogen) atoms. The number of nitrogens with one attached hydrogen (secondary N) is 1. The number of benzene rings is 1. The van der Waals surface area contributed by atoms with E-state index in [-0.39, 0.29) is 5.82 Å². The molecule has 1 aromatic carbocycles. The molecule has 0 aromatic heterocycles. The predicted octanol–water partition coefficient (Wildman–Crippen LogP) is 4.47. The Bertz CT molecular complexity index is 520. The van der Waals surface area contributed by atoms with Crippen molar-refractivity contribution in [2.75, 3.05) is 5.32 Å². The lowest BCUT2D eigenvalue weighted by Crippen LogP contribution is -2.34. The van der Waals surface area contributed by atoms with Crippen molar-refractivity contribution in [1.29, 1.82) is 5.26 Å². The van der Waals surface area contributed by atoms with Crippen molar-refractivity contribution in [2.45, 2.75) is 51.0 Å². The van der Waals surface area contributed by atoms with Gasteiger partial charge in [-0.2, -0.15) is 5.26 Å². The molecule has 2 saturated carbocycles. The number of hydrogen-bond donors (Lipinski definition) is 1. The zero-order valence-electron chi connectivity index (χ0n) is 11.7. The molecule has 0 saturated heterocycles. The van der Waals surface area contributed by atoms with E-state index in [4.69, 9.17) is 5.26 Å². The zero-order chi connectivity index (χ0) is 13.9. The lowest BCUT2D eigenvalue weighted by molar-refractivity contribution is 0.162. The number of fused-ring (bicyclic) bond motifs is 1. The topological polar surface area (TPSA) is 35.8 Å². The van der Waals surface area contributed by atoms with Gasteiger partial charge < -0.3 is 5.32 Å². The molecule has 2 fully saturated rings. The fraction of sp³-hybridized carbons (Fsp3) is 0.588. The Morgan fingerprint density at radius 1 is 1.10 bits per heavy atom. The fourth-order valence-corrected chi connectivity index (χ4v) is 3.96. The number of halogens is 1. The number of nitriles is 1. The Balaban J connectivity index is 1.68. The summed E-state index contributed by atoms with van der Waals surface area (Å²) < 4.78 is 13.2. The van der Waals surface area contributed by atoms with Crippen LogP contribution in [-0.4, -0.2) is 6.04 Å². The van der Waals surface area contributed by atoms with Crippen LogP contribution in [0.1, 0.15) is 50.5 Å². The van der Waals surface area contributed by atoms with Gasteiger partial charge in [-0.15, -0.1) is 0 Å². The van der Waals surface area contributed by atoms with Gasteiger partial charge in [-0.25, -0.2) is 4.39 Å². The molecule has 0 heterocycles. The molecule has 0 aliphatic heterocycles. The first-order valence-corrected chi connectivity index (χ1v) is 7.72. The Hall–Kier alpha value is -1.56. The van der Waals surface area contributed by atoms with Crippen molar-refractivity contribution in [1.82, 2.24) is 0 Å². The summed E-state index contributed by atoms with van der Waals surface area (Å²) in [6, 6.07) is 6.95. The summed E-state index contributed by atoms with van der Waals surface area (Å²) in [4.78, 5) is 0. The van der Waals surface area contributed by atoms with Gasteiger partial charge in [0.05, 0.1) is 11.3 Å². The Morgan fingerprint density at radius 2 is 1.90 bits per heavy atom. The minimum atomic E-state index is -0.344. The molecule has 3 heteroatoms. The van der Waals surface area contributed by atoms with Crippen molar-refractivity contribution < 1.29 is 4.39 Å². The number of rotatable bonds is 2. The minimum Gasteiger partial charge on any atom is -0.381 e. The van der Waals surface area contributed by atoms with E-state index >= 15 is 0 Å². The highest BCUT2D eigenvalue weighted by Gasteiger charge is 2.32. The van der Waals surface area contributed by atoms with E-state index in [0.717, 1.165) is 17.5 Å². The number of anilines is 1. The molecule has 3 atom stereocenters. The van der Waals surface area contributed by atoms with Gasteiger partial charge in [0, 0.05) is 6.04 Å². The lowest BCUT2D eigenvalue weighted by Gasteiger charge is -2.39. The summed E-state index contributed by atoms with van der Waals surface area (Å²) >= 11 is 0. The van der Waals surface area contributed by atoms with Gasteiger partial charge in [-0.3, -0.25) is 0 Å². The predicted molar refractivity (Wildman–Crippen MR) is 77.8 cm³/mol. The molecule has 0 amide bonds. The number of nitrogens with zero attached hydrogens (tertiary/aromatic N) is 1. The van der Waals surface area contributed by atoms with E-state index in [1.807, 2.05) is 0 Å². The van der Waals surface area contributed by atoms with Crippen molar-refractivity contribution in [2.24, 2.45) is 11.8 Å². The third-order valence-corrected chi connectivity index (χ3v) is 5.00. The highest BCUT2D eigenvalue weighted by molar-refractivity contribution is 5.57. The minimum absolute atomic E-state index is 0.344. The van der Waals surface area contributed by atoms with Crippen LogP contribution in [0.3, 0.4) is 0 Å². The lowest BCUT2D eigenvalue weighted by atomic mass is 9.69. The van der Waals surface area contributed by atoms with E-state index < -0.39 is 0 Å². The smallest absolute Gasteiger partial charge is 0.124 e. The van der Waals surface area contributed by atoms with Crippen molar-refractivity contribution in [3.05, 3.63) is 29.6 Å². The monoisotopic (exact) mass is 272 g/mol. The second kappa shape index (κ2) is 5.83. The second-order valence-electron chi connectivity index (χ2n) is 6.26. The molecule has 1 aromatic rings. The average Bonchev–Trinajstić information content (AvgIpc) is 2.49. The van der Waals surface area contributed by atoms with E-state index in [1.54, 1.807) is 6.07 Å². The van der Waals surface area contributed by atoms with Crippen LogP contribution in [0.4, 0.5) is 10.1 Å². The Labute approximate surface area is 120 Å². The molecular weight excluding hydrogens is 251 g/mol. The van der Waals surface area contributed by atoms with Crippen molar-refractivity contribution in [3.63, 3.8) is 0 Å². The highest BCUT2D eigenvalue weighted by atomic mass is 19.1. The molecule has 3 rings (SSSR count). The summed E-state index contributed by atoms with van der Waals surface area (Å²) in [7, 11) is 0. The maximum atomic E-state index is 13.2. The molecular formula is C17H21FN2. The molecule has 1 N–H and O–H groups in total. The van der Waals surface area contributed by atoms with Crippen LogP contribution in [-0.2, 0) is 0 Å². The molecule has 106 valence electrons. The molecule has 2 nitrogen and oxygen atoms in total. The molecule has 0 spiro atoms. The van der Waals surface area contributed by atoms with E-state index in [0.29, 0.717) is 11.6 Å². The van der Waals surface area contributed by atoms with Crippen LogP contribution >= 0.6 is 0 Å². The van der Waals surface area contributed by atoms with Gasteiger partial charge in [0.15, 0.2) is 0 Å². The average molecular weight is 272 g/mol. The third kappa shape index (κ3) is 2.80. The van der Waals surface area contributed by atoms with Gasteiger partial charge in [-0.05, 0) is 49.3 Å². The third-order valence-electron chi connectivity index (χ3n) is 5.00. The van der Waals surface area contributed by atoms with Gasteiger partial charge in [0.1, 0.15) is 11.9 Å². The number of hydrogen-bond acceptors (Lipinski definition) is 2. The van der Waals surface area contributed by atoms with Crippen LogP contribution in [0.5, 0.6) is 0 Å². The maximum Gasteiger partial charge on any atom is 0.124 e. The summed E-state index contributed by atoms with van der Waals surface area (Å²) in [5.74, 6) is 1.43. The Kier molecular flexibility index (Phi) is 3.91. The van der Waals surface area contributed by atoms with Crippen LogP contribution in [0, 0.1) is 29.0 Å². The summed E-state index contributed by atoms with van der Waals surface area (Å²) in [5, 5.41) is 12.6. The van der Waals surface area contributed by atoms with E-state index in [2.05, 4.69) is 11.4 Å². The normalized spacial score (nSPS) is 29.3. The second-order valence-corrected chi connectivity index (χ2v) is 6.26. The SMILES string of the molecule is N#Cc1cc(F)ccc1NC1CCC2CCCCC2C1. The fourth-order valence-electron chi connectivity index (χ4n) is 3.96. The first-order chi connectivity index (χ1) is 9.76. The van der Waals surface area contributed by atoms with Crippen LogP contribution in [0.2, 0.25) is 0 Å². The van der Waals surface area contributed by atoms with Crippen LogP contribution in [0.25, 0.3) is 0 Å². The summed E-state index contributed by atoms with van der Waals surface area (Å²) in [5.41, 5.74) is 1.20. The van der Waals surface area contributed by atoms with E-state index in [9.17, 15) is 4.39 Å². The van der Waals surface area contributed by atoms with Gasteiger partial charge >= 0.3 is 0 Å². The maximum absolute atomic E-state index is 13.2.